The number of ether oxygens (including phenoxy) is 2. The molecule has 1 amide bonds. The van der Waals surface area contributed by atoms with Gasteiger partial charge in [0.15, 0.2) is 6.61 Å². The Labute approximate surface area is 178 Å². The molecule has 1 N–H and O–H groups in total. The molecule has 0 heterocycles. The van der Waals surface area contributed by atoms with E-state index in [4.69, 9.17) is 9.47 Å². The largest absolute Gasteiger partial charge is 0.482 e. The molecule has 0 aromatic heterocycles. The number of carbonyl (C=O) groups excluding carboxylic acids is 2. The zero-order valence-electron chi connectivity index (χ0n) is 16.0. The summed E-state index contributed by atoms with van der Waals surface area (Å²) in [6.45, 7) is 2.33. The number of unbranched alkanes of at least 4 members (excludes halogenated alkanes) is 1. The Morgan fingerprint density at radius 2 is 1.93 bits per heavy atom. The second-order valence-corrected chi connectivity index (χ2v) is 6.98. The fourth-order valence-corrected chi connectivity index (χ4v) is 2.66. The number of nitrogens with one attached hydrogen (secondary N) is 1. The molecular formula is C22H21BrN2O4. The van der Waals surface area contributed by atoms with Crippen LogP contribution < -0.4 is 14.8 Å². The van der Waals surface area contributed by atoms with Gasteiger partial charge in [-0.15, -0.1) is 0 Å². The second-order valence-electron chi connectivity index (χ2n) is 6.07. The highest BCUT2D eigenvalue weighted by Gasteiger charge is 2.09. The smallest absolute Gasteiger partial charge is 0.349 e. The lowest BCUT2D eigenvalue weighted by atomic mass is 10.1. The van der Waals surface area contributed by atoms with E-state index < -0.39 is 11.9 Å². The van der Waals surface area contributed by atoms with Crippen molar-refractivity contribution in [2.24, 2.45) is 0 Å². The highest BCUT2D eigenvalue weighted by Crippen LogP contribution is 2.18. The van der Waals surface area contributed by atoms with E-state index in [1.807, 2.05) is 19.1 Å². The van der Waals surface area contributed by atoms with Gasteiger partial charge in [-0.3, -0.25) is 4.79 Å². The van der Waals surface area contributed by atoms with Gasteiger partial charge in [-0.1, -0.05) is 47.5 Å². The maximum atomic E-state index is 12.0. The molecule has 0 atom stereocenters. The minimum absolute atomic E-state index is 0.0215. The monoisotopic (exact) mass is 456 g/mol. The molecule has 6 nitrogen and oxygen atoms in total. The molecule has 0 spiro atoms. The van der Waals surface area contributed by atoms with Crippen LogP contribution in [0.3, 0.4) is 0 Å². The van der Waals surface area contributed by atoms with E-state index in [0.717, 1.165) is 17.3 Å². The van der Waals surface area contributed by atoms with Gasteiger partial charge >= 0.3 is 5.97 Å². The minimum atomic E-state index is -0.540. The summed E-state index contributed by atoms with van der Waals surface area (Å²) in [5, 5.41) is 11.9. The van der Waals surface area contributed by atoms with Gasteiger partial charge in [-0.25, -0.2) is 4.79 Å². The minimum Gasteiger partial charge on any atom is -0.482 e. The number of esters is 1. The predicted molar refractivity (Wildman–Crippen MR) is 113 cm³/mol. The zero-order valence-corrected chi connectivity index (χ0v) is 17.6. The number of nitriles is 1. The zero-order chi connectivity index (χ0) is 21.1. The van der Waals surface area contributed by atoms with Crippen LogP contribution >= 0.6 is 15.9 Å². The van der Waals surface area contributed by atoms with Gasteiger partial charge in [-0.2, -0.15) is 5.26 Å². The van der Waals surface area contributed by atoms with E-state index in [1.54, 1.807) is 42.5 Å². The van der Waals surface area contributed by atoms with Gasteiger partial charge in [0.05, 0.1) is 0 Å². The van der Waals surface area contributed by atoms with Gasteiger partial charge in [0.2, 0.25) is 0 Å². The summed E-state index contributed by atoms with van der Waals surface area (Å²) >= 11 is 3.33. The van der Waals surface area contributed by atoms with Crippen molar-refractivity contribution in [2.45, 2.75) is 19.8 Å². The van der Waals surface area contributed by atoms with Crippen molar-refractivity contribution in [1.29, 1.82) is 5.26 Å². The number of nitrogens with zero attached hydrogens (tertiary/aromatic N) is 1. The van der Waals surface area contributed by atoms with Crippen molar-refractivity contribution in [2.75, 3.05) is 13.2 Å². The number of hydrogen-bond acceptors (Lipinski definition) is 5. The molecular weight excluding hydrogens is 436 g/mol. The topological polar surface area (TPSA) is 88.4 Å². The van der Waals surface area contributed by atoms with E-state index in [1.165, 1.54) is 6.08 Å². The highest BCUT2D eigenvalue weighted by atomic mass is 79.9. The van der Waals surface area contributed by atoms with Crippen LogP contribution in [0.15, 0.2) is 58.6 Å². The normalized spacial score (nSPS) is 10.7. The van der Waals surface area contributed by atoms with Crippen LogP contribution in [-0.2, 0) is 9.59 Å². The Morgan fingerprint density at radius 1 is 1.17 bits per heavy atom. The summed E-state index contributed by atoms with van der Waals surface area (Å²) in [5.74, 6) is -0.0450. The molecule has 0 aliphatic carbocycles. The lowest BCUT2D eigenvalue weighted by Gasteiger charge is -2.07. The maximum Gasteiger partial charge on any atom is 0.349 e. The average Bonchev–Trinajstić information content (AvgIpc) is 2.72. The quantitative estimate of drug-likeness (QED) is 0.200. The fraction of sp³-hybridized carbons (Fsp3) is 0.227. The molecule has 0 fully saturated rings. The lowest BCUT2D eigenvalue weighted by Crippen LogP contribution is -2.25. The molecule has 7 heteroatoms. The summed E-state index contributed by atoms with van der Waals surface area (Å²) < 4.78 is 11.5. The number of hydrogen-bond donors (Lipinski definition) is 1. The van der Waals surface area contributed by atoms with E-state index in [9.17, 15) is 14.9 Å². The molecule has 0 radical (unpaired) electrons. The molecule has 2 aromatic carbocycles. The van der Waals surface area contributed by atoms with Crippen LogP contribution in [0.5, 0.6) is 11.5 Å². The van der Waals surface area contributed by atoms with Crippen molar-refractivity contribution in [3.63, 3.8) is 0 Å². The second kappa shape index (κ2) is 11.7. The number of benzene rings is 2. The Hall–Kier alpha value is -3.11. The summed E-state index contributed by atoms with van der Waals surface area (Å²) in [7, 11) is 0. The van der Waals surface area contributed by atoms with Crippen molar-refractivity contribution >= 4 is 33.9 Å². The predicted octanol–water partition coefficient (Wildman–Crippen LogP) is 4.26. The number of halogens is 1. The fourth-order valence-electron chi connectivity index (χ4n) is 2.28. The number of amides is 1. The van der Waals surface area contributed by atoms with E-state index in [2.05, 4.69) is 21.2 Å². The van der Waals surface area contributed by atoms with E-state index in [0.29, 0.717) is 23.6 Å². The Balaban J connectivity index is 1.90. The van der Waals surface area contributed by atoms with Crippen molar-refractivity contribution in [3.05, 3.63) is 64.1 Å². The van der Waals surface area contributed by atoms with Crippen LogP contribution in [-0.4, -0.2) is 25.0 Å². The molecule has 0 aliphatic heterocycles. The molecule has 0 saturated heterocycles. The first-order valence-corrected chi connectivity index (χ1v) is 9.90. The van der Waals surface area contributed by atoms with Gasteiger partial charge in [0, 0.05) is 11.0 Å². The number of rotatable bonds is 9. The third-order valence-corrected chi connectivity index (χ3v) is 4.25. The highest BCUT2D eigenvalue weighted by molar-refractivity contribution is 9.10. The van der Waals surface area contributed by atoms with Gasteiger partial charge < -0.3 is 14.8 Å². The molecule has 2 rings (SSSR count). The van der Waals surface area contributed by atoms with E-state index >= 15 is 0 Å². The Kier molecular flexibility index (Phi) is 8.93. The van der Waals surface area contributed by atoms with Crippen LogP contribution in [0, 0.1) is 11.3 Å². The SMILES string of the molecule is CCCCNC(=O)/C(C#N)=C/c1ccc(OC(=O)COc2cccc(Br)c2)cc1. The first-order chi connectivity index (χ1) is 14.0. The van der Waals surface area contributed by atoms with Crippen LogP contribution in [0.25, 0.3) is 6.08 Å². The van der Waals surface area contributed by atoms with Crippen molar-refractivity contribution < 1.29 is 19.1 Å². The summed E-state index contributed by atoms with van der Waals surface area (Å²) in [5.41, 5.74) is 0.672. The summed E-state index contributed by atoms with van der Waals surface area (Å²) in [6.07, 6.45) is 3.30. The third-order valence-electron chi connectivity index (χ3n) is 3.76. The molecule has 29 heavy (non-hydrogen) atoms. The summed E-state index contributed by atoms with van der Waals surface area (Å²) in [6, 6.07) is 15.6. The van der Waals surface area contributed by atoms with Crippen molar-refractivity contribution in [3.8, 4) is 17.6 Å². The van der Waals surface area contributed by atoms with Crippen LogP contribution in [0.2, 0.25) is 0 Å². The van der Waals surface area contributed by atoms with Gasteiger partial charge in [0.1, 0.15) is 23.1 Å². The average molecular weight is 457 g/mol. The first-order valence-electron chi connectivity index (χ1n) is 9.11. The van der Waals surface area contributed by atoms with Crippen LogP contribution in [0.4, 0.5) is 0 Å². The lowest BCUT2D eigenvalue weighted by molar-refractivity contribution is -0.136. The molecule has 2 aromatic rings. The Morgan fingerprint density at radius 3 is 2.59 bits per heavy atom. The third kappa shape index (κ3) is 7.80. The first kappa shape index (κ1) is 22.2. The van der Waals surface area contributed by atoms with Gasteiger partial charge in [0.25, 0.3) is 5.91 Å². The maximum absolute atomic E-state index is 12.0. The molecule has 0 bridgehead atoms. The van der Waals surface area contributed by atoms with E-state index in [-0.39, 0.29) is 12.2 Å². The number of carbonyl (C=O) groups is 2. The standard InChI is InChI=1S/C22H21BrN2O4/c1-2-3-11-25-22(27)17(14-24)12-16-7-9-19(10-8-16)29-21(26)15-28-20-6-4-5-18(23)13-20/h4-10,12-13H,2-3,11,15H2,1H3,(H,25,27)/b17-12+. The molecule has 0 unspecified atom stereocenters. The molecule has 150 valence electrons. The molecule has 0 saturated carbocycles. The van der Waals surface area contributed by atoms with Gasteiger partial charge in [-0.05, 0) is 48.4 Å². The van der Waals surface area contributed by atoms with Crippen LogP contribution in [0.1, 0.15) is 25.3 Å². The Bertz CT molecular complexity index is 917. The van der Waals surface area contributed by atoms with Crippen molar-refractivity contribution in [1.82, 2.24) is 5.32 Å². The summed E-state index contributed by atoms with van der Waals surface area (Å²) in [4.78, 5) is 23.9. The molecule has 0 aliphatic rings.